The fourth-order valence-electron chi connectivity index (χ4n) is 5.10. The number of rotatable bonds is 4. The van der Waals surface area contributed by atoms with Crippen molar-refractivity contribution in [3.8, 4) is 0 Å². The van der Waals surface area contributed by atoms with Gasteiger partial charge in [-0.2, -0.15) is 0 Å². The summed E-state index contributed by atoms with van der Waals surface area (Å²) in [7, 11) is 1.57. The molecule has 2 aliphatic rings. The second-order valence-corrected chi connectivity index (χ2v) is 13.2. The van der Waals surface area contributed by atoms with Gasteiger partial charge in [0.05, 0.1) is 12.6 Å². The Bertz CT molecular complexity index is 1440. The Labute approximate surface area is 272 Å². The first kappa shape index (κ1) is 34.5. The summed E-state index contributed by atoms with van der Waals surface area (Å²) in [4.78, 5) is 86.5. The zero-order chi connectivity index (χ0) is 33.5. The average molecular weight is 654 g/mol. The molecule has 1 fully saturated rings. The molecule has 14 heteroatoms. The van der Waals surface area contributed by atoms with Crippen LogP contribution in [-0.4, -0.2) is 95.0 Å². The maximum atomic E-state index is 13.5. The van der Waals surface area contributed by atoms with Gasteiger partial charge in [-0.3, -0.25) is 28.8 Å². The van der Waals surface area contributed by atoms with Crippen molar-refractivity contribution in [1.82, 2.24) is 36.1 Å². The van der Waals surface area contributed by atoms with Crippen LogP contribution in [0.4, 0.5) is 0 Å². The van der Waals surface area contributed by atoms with E-state index >= 15 is 0 Å². The number of carbonyl (C=O) groups is 6. The molecule has 0 saturated heterocycles. The summed E-state index contributed by atoms with van der Waals surface area (Å²) in [5, 5.41) is 13.0. The van der Waals surface area contributed by atoms with E-state index in [1.165, 1.54) is 28.1 Å². The fourth-order valence-corrected chi connectivity index (χ4v) is 5.95. The van der Waals surface area contributed by atoms with Gasteiger partial charge in [-0.15, -0.1) is 11.3 Å². The molecule has 4 atom stereocenters. The number of amides is 6. The van der Waals surface area contributed by atoms with E-state index in [-0.39, 0.29) is 49.0 Å². The average Bonchev–Trinajstić information content (AvgIpc) is 3.75. The Morgan fingerprint density at radius 2 is 1.63 bits per heavy atom. The molecule has 1 aromatic heterocycles. The summed E-state index contributed by atoms with van der Waals surface area (Å²) >= 11 is 1.20. The summed E-state index contributed by atoms with van der Waals surface area (Å²) in [6, 6.07) is 6.04. The van der Waals surface area contributed by atoms with Gasteiger partial charge in [0.2, 0.25) is 29.5 Å². The van der Waals surface area contributed by atoms with Crippen LogP contribution in [-0.2, 0) is 30.4 Å². The number of fused-ring (bicyclic) bond motifs is 2. The molecule has 4 N–H and O–H groups in total. The zero-order valence-corrected chi connectivity index (χ0v) is 27.7. The van der Waals surface area contributed by atoms with E-state index in [1.807, 2.05) is 30.3 Å². The number of hydrogen-bond donors (Lipinski definition) is 4. The van der Waals surface area contributed by atoms with E-state index in [0.29, 0.717) is 11.4 Å². The largest absolute Gasteiger partial charge is 0.345 e. The van der Waals surface area contributed by atoms with Crippen LogP contribution in [0.5, 0.6) is 0 Å². The van der Waals surface area contributed by atoms with E-state index in [2.05, 4.69) is 26.3 Å². The lowest BCUT2D eigenvalue weighted by molar-refractivity contribution is -0.139. The second kappa shape index (κ2) is 15.3. The van der Waals surface area contributed by atoms with Crippen LogP contribution < -0.4 is 21.3 Å². The van der Waals surface area contributed by atoms with Crippen molar-refractivity contribution >= 4 is 46.8 Å². The van der Waals surface area contributed by atoms with Crippen LogP contribution in [0.1, 0.15) is 67.6 Å². The fraction of sp³-hybridized carbons (Fsp3) is 0.531. The monoisotopic (exact) mass is 653 g/mol. The predicted molar refractivity (Wildman–Crippen MR) is 171 cm³/mol. The van der Waals surface area contributed by atoms with E-state index in [1.54, 1.807) is 33.2 Å². The minimum atomic E-state index is -0.999. The van der Waals surface area contributed by atoms with Crippen LogP contribution in [0.15, 0.2) is 35.7 Å². The number of hydrogen-bond acceptors (Lipinski definition) is 8. The highest BCUT2D eigenvalue weighted by molar-refractivity contribution is 7.09. The van der Waals surface area contributed by atoms with Crippen LogP contribution >= 0.6 is 11.3 Å². The van der Waals surface area contributed by atoms with Gasteiger partial charge in [-0.1, -0.05) is 44.2 Å². The summed E-state index contributed by atoms with van der Waals surface area (Å²) in [5.74, 6) is -3.11. The molecule has 2 bridgehead atoms. The highest BCUT2D eigenvalue weighted by Crippen LogP contribution is 2.31. The minimum Gasteiger partial charge on any atom is -0.345 e. The molecule has 1 saturated carbocycles. The van der Waals surface area contributed by atoms with Gasteiger partial charge in [0.15, 0.2) is 0 Å². The van der Waals surface area contributed by atoms with Gasteiger partial charge in [-0.25, -0.2) is 4.98 Å². The van der Waals surface area contributed by atoms with Crippen molar-refractivity contribution in [2.45, 2.75) is 71.1 Å². The highest BCUT2D eigenvalue weighted by atomic mass is 32.1. The third-order valence-electron chi connectivity index (χ3n) is 8.04. The molecule has 6 amide bonds. The number of thiazole rings is 1. The van der Waals surface area contributed by atoms with Crippen molar-refractivity contribution in [1.29, 1.82) is 0 Å². The van der Waals surface area contributed by atoms with Crippen molar-refractivity contribution in [2.24, 2.45) is 11.8 Å². The molecule has 13 nitrogen and oxygen atoms in total. The van der Waals surface area contributed by atoms with Gasteiger partial charge < -0.3 is 31.1 Å². The quantitative estimate of drug-likeness (QED) is 0.382. The molecule has 0 spiro atoms. The molecule has 2 aromatic rings. The number of aromatic nitrogens is 1. The molecule has 4 rings (SSSR count). The standard InChI is InChI=1S/C32H43N7O6S/c1-18(2)26-29(43)34-20(4)31(44)38(5)13-14-39(32(45)22-11-12-22)16-25(40)35-23(15-21-9-7-6-8-10-21)30-36-24(17-46-30)28(42)33-19(3)27(41)37-26/h6-10,17-20,22-23,26H,11-16H2,1-5H3,(H,33,42)(H,34,43)(H,35,40)(H,37,41)/t19-,20+,23-,26-/m0/s1. The molecular weight excluding hydrogens is 610 g/mol. The highest BCUT2D eigenvalue weighted by Gasteiger charge is 2.35. The lowest BCUT2D eigenvalue weighted by Gasteiger charge is -2.29. The molecule has 0 unspecified atom stereocenters. The lowest BCUT2D eigenvalue weighted by atomic mass is 10.0. The van der Waals surface area contributed by atoms with Crippen molar-refractivity contribution in [3.05, 3.63) is 52.0 Å². The third kappa shape index (κ3) is 9.12. The molecule has 2 heterocycles. The molecule has 1 aliphatic heterocycles. The van der Waals surface area contributed by atoms with E-state index in [4.69, 9.17) is 0 Å². The summed E-state index contributed by atoms with van der Waals surface area (Å²) in [6.07, 6.45) is 1.90. The van der Waals surface area contributed by atoms with E-state index < -0.39 is 47.8 Å². The van der Waals surface area contributed by atoms with Crippen molar-refractivity contribution < 1.29 is 28.8 Å². The Hall–Kier alpha value is -4.33. The molecule has 248 valence electrons. The van der Waals surface area contributed by atoms with Crippen LogP contribution in [0.25, 0.3) is 0 Å². The predicted octanol–water partition coefficient (Wildman–Crippen LogP) is 1.02. The number of benzene rings is 1. The molecule has 0 radical (unpaired) electrons. The second-order valence-electron chi connectivity index (χ2n) is 12.3. The van der Waals surface area contributed by atoms with Crippen molar-refractivity contribution in [2.75, 3.05) is 26.7 Å². The Balaban J connectivity index is 1.64. The summed E-state index contributed by atoms with van der Waals surface area (Å²) in [6.45, 7) is 6.62. The molecule has 1 aromatic carbocycles. The van der Waals surface area contributed by atoms with Crippen LogP contribution in [0.3, 0.4) is 0 Å². The molecule has 1 aliphatic carbocycles. The summed E-state index contributed by atoms with van der Waals surface area (Å²) in [5.41, 5.74) is 1.02. The Morgan fingerprint density at radius 1 is 0.935 bits per heavy atom. The number of nitrogens with zero attached hydrogens (tertiary/aromatic N) is 3. The topological polar surface area (TPSA) is 170 Å². The van der Waals surface area contributed by atoms with Crippen LogP contribution in [0, 0.1) is 11.8 Å². The number of nitrogens with one attached hydrogen (secondary N) is 4. The van der Waals surface area contributed by atoms with Gasteiger partial charge in [-0.05, 0) is 44.6 Å². The smallest absolute Gasteiger partial charge is 0.271 e. The lowest BCUT2D eigenvalue weighted by Crippen LogP contribution is -2.57. The number of likely N-dealkylation sites (N-methyl/N-ethyl adjacent to an activating group) is 1. The van der Waals surface area contributed by atoms with Gasteiger partial charge in [0.1, 0.15) is 28.8 Å². The van der Waals surface area contributed by atoms with Gasteiger partial charge in [0, 0.05) is 31.4 Å². The maximum Gasteiger partial charge on any atom is 0.271 e. The minimum absolute atomic E-state index is 0.0805. The first-order chi connectivity index (χ1) is 21.8. The van der Waals surface area contributed by atoms with Crippen molar-refractivity contribution in [3.63, 3.8) is 0 Å². The summed E-state index contributed by atoms with van der Waals surface area (Å²) < 4.78 is 0. The first-order valence-corrected chi connectivity index (χ1v) is 16.5. The van der Waals surface area contributed by atoms with Gasteiger partial charge in [0.25, 0.3) is 5.91 Å². The first-order valence-electron chi connectivity index (χ1n) is 15.6. The van der Waals surface area contributed by atoms with Crippen LogP contribution in [0.2, 0.25) is 0 Å². The zero-order valence-electron chi connectivity index (χ0n) is 26.9. The maximum absolute atomic E-state index is 13.5. The molecule has 46 heavy (non-hydrogen) atoms. The van der Waals surface area contributed by atoms with Gasteiger partial charge >= 0.3 is 0 Å². The Kier molecular flexibility index (Phi) is 11.5. The molecular formula is C32H43N7O6S. The van der Waals surface area contributed by atoms with E-state index in [0.717, 1.165) is 18.4 Å². The Morgan fingerprint density at radius 3 is 2.28 bits per heavy atom. The normalized spacial score (nSPS) is 24.4. The van der Waals surface area contributed by atoms with E-state index in [9.17, 15) is 28.8 Å². The SMILES string of the molecule is CC(C)[C@@H]1NC(=O)[C@H](C)NC(=O)c2csc(n2)[C@H](Cc2ccccc2)NC(=O)CN(C(=O)C2CC2)CCN(C)C(=O)[C@@H](C)NC1=O. The number of carbonyl (C=O) groups excluding carboxylic acids is 6. The third-order valence-corrected chi connectivity index (χ3v) is 9.00.